The Morgan fingerprint density at radius 2 is 1.31 bits per heavy atom. The quantitative estimate of drug-likeness (QED) is 0.217. The lowest BCUT2D eigenvalue weighted by Crippen LogP contribution is -2.32. The van der Waals surface area contributed by atoms with Gasteiger partial charge in [-0.25, -0.2) is 0 Å². The van der Waals surface area contributed by atoms with E-state index in [1.54, 1.807) is 0 Å². The predicted molar refractivity (Wildman–Crippen MR) is 132 cm³/mol. The van der Waals surface area contributed by atoms with E-state index in [2.05, 4.69) is 34.6 Å². The Morgan fingerprint density at radius 1 is 0.781 bits per heavy atom. The molecule has 0 spiro atoms. The van der Waals surface area contributed by atoms with Gasteiger partial charge in [0, 0.05) is 13.0 Å². The molecule has 2 aliphatic heterocycles. The minimum atomic E-state index is -0.197. The summed E-state index contributed by atoms with van der Waals surface area (Å²) >= 11 is 0. The van der Waals surface area contributed by atoms with Gasteiger partial charge in [0.05, 0.1) is 12.7 Å². The van der Waals surface area contributed by atoms with E-state index in [-0.39, 0.29) is 24.3 Å². The monoisotopic (exact) mass is 452 g/mol. The summed E-state index contributed by atoms with van der Waals surface area (Å²) in [5.74, 6) is 3.18. The van der Waals surface area contributed by atoms with E-state index in [9.17, 15) is 4.79 Å². The van der Waals surface area contributed by atoms with Crippen molar-refractivity contribution in [3.63, 3.8) is 0 Å². The summed E-state index contributed by atoms with van der Waals surface area (Å²) in [7, 11) is 0. The normalized spacial score (nSPS) is 25.6. The molecule has 0 aromatic heterocycles. The summed E-state index contributed by atoms with van der Waals surface area (Å²) < 4.78 is 16.9. The molecule has 0 saturated carbocycles. The van der Waals surface area contributed by atoms with Gasteiger partial charge >= 0.3 is 5.97 Å². The van der Waals surface area contributed by atoms with Gasteiger partial charge in [-0.05, 0) is 36.5 Å². The Morgan fingerprint density at radius 3 is 1.88 bits per heavy atom. The van der Waals surface area contributed by atoms with E-state index >= 15 is 0 Å². The molecule has 2 fully saturated rings. The molecule has 4 heteroatoms. The fraction of sp³-hybridized carbons (Fsp3) is 0.964. The van der Waals surface area contributed by atoms with Crippen molar-refractivity contribution >= 4 is 5.97 Å². The molecule has 0 bridgehead atoms. The third-order valence-electron chi connectivity index (χ3n) is 7.55. The number of hydrogen-bond acceptors (Lipinski definition) is 4. The molecule has 0 aromatic rings. The molecule has 0 aliphatic carbocycles. The van der Waals surface area contributed by atoms with Crippen molar-refractivity contribution in [3.8, 4) is 0 Å². The highest BCUT2D eigenvalue weighted by molar-refractivity contribution is 5.69. The zero-order valence-corrected chi connectivity index (χ0v) is 21.8. The standard InChI is InChI=1S/C28H52O4/c1-21(2)10-6-11-22(3)12-7-13-23(4)14-8-15-24(5)16-9-17-27(29)32-26-20-31-25-18-19-30-28(25)26/h21-26,28H,6-20H2,1-5H3. The van der Waals surface area contributed by atoms with Crippen LogP contribution in [0.1, 0.15) is 118 Å². The van der Waals surface area contributed by atoms with Crippen LogP contribution in [0.15, 0.2) is 0 Å². The van der Waals surface area contributed by atoms with Crippen molar-refractivity contribution in [2.24, 2.45) is 23.7 Å². The molecule has 6 atom stereocenters. The van der Waals surface area contributed by atoms with Gasteiger partial charge in [-0.3, -0.25) is 4.79 Å². The number of rotatable bonds is 17. The van der Waals surface area contributed by atoms with Crippen LogP contribution in [-0.4, -0.2) is 37.5 Å². The minimum absolute atomic E-state index is 0.0343. The van der Waals surface area contributed by atoms with Gasteiger partial charge in [0.1, 0.15) is 6.10 Å². The molecule has 2 saturated heterocycles. The molecular formula is C28H52O4. The molecule has 188 valence electrons. The van der Waals surface area contributed by atoms with E-state index in [1.807, 2.05) is 0 Å². The highest BCUT2D eigenvalue weighted by Crippen LogP contribution is 2.29. The summed E-state index contributed by atoms with van der Waals surface area (Å²) in [5, 5.41) is 0. The van der Waals surface area contributed by atoms with Crippen LogP contribution >= 0.6 is 0 Å². The Balaban J connectivity index is 1.42. The number of carbonyl (C=O) groups is 1. The molecule has 32 heavy (non-hydrogen) atoms. The number of carbonyl (C=O) groups excluding carboxylic acids is 1. The molecule has 0 radical (unpaired) electrons. The molecule has 2 aliphatic rings. The molecule has 2 rings (SSSR count). The van der Waals surface area contributed by atoms with Crippen LogP contribution in [0, 0.1) is 23.7 Å². The maximum atomic E-state index is 12.2. The Hall–Kier alpha value is -0.610. The van der Waals surface area contributed by atoms with E-state index in [0.717, 1.165) is 43.6 Å². The lowest BCUT2D eigenvalue weighted by atomic mass is 9.90. The third kappa shape index (κ3) is 11.0. The number of fused-ring (bicyclic) bond motifs is 1. The van der Waals surface area contributed by atoms with Gasteiger partial charge in [0.25, 0.3) is 0 Å². The van der Waals surface area contributed by atoms with E-state index < -0.39 is 0 Å². The van der Waals surface area contributed by atoms with Gasteiger partial charge in [-0.1, -0.05) is 98.8 Å². The number of hydrogen-bond donors (Lipinski definition) is 0. The second kappa shape index (κ2) is 15.3. The average Bonchev–Trinajstić information content (AvgIpc) is 3.33. The summed E-state index contributed by atoms with van der Waals surface area (Å²) in [6, 6.07) is 0. The Bertz CT molecular complexity index is 506. The van der Waals surface area contributed by atoms with Crippen LogP contribution in [-0.2, 0) is 19.0 Å². The maximum Gasteiger partial charge on any atom is 0.306 e. The van der Waals surface area contributed by atoms with E-state index in [4.69, 9.17) is 14.2 Å². The topological polar surface area (TPSA) is 44.8 Å². The largest absolute Gasteiger partial charge is 0.457 e. The zero-order valence-electron chi connectivity index (χ0n) is 21.8. The zero-order chi connectivity index (χ0) is 23.3. The van der Waals surface area contributed by atoms with Crippen LogP contribution in [0.4, 0.5) is 0 Å². The average molecular weight is 453 g/mol. The summed E-state index contributed by atoms with van der Waals surface area (Å²) in [6.07, 6.45) is 15.7. The second-order valence-electron chi connectivity index (χ2n) is 11.4. The van der Waals surface area contributed by atoms with Crippen molar-refractivity contribution in [1.29, 1.82) is 0 Å². The van der Waals surface area contributed by atoms with Crippen molar-refractivity contribution in [2.45, 2.75) is 136 Å². The van der Waals surface area contributed by atoms with Gasteiger partial charge in [-0.2, -0.15) is 0 Å². The molecule has 0 aromatic carbocycles. The lowest BCUT2D eigenvalue weighted by Gasteiger charge is -2.17. The highest BCUT2D eigenvalue weighted by atomic mass is 16.6. The molecular weight excluding hydrogens is 400 g/mol. The third-order valence-corrected chi connectivity index (χ3v) is 7.55. The fourth-order valence-electron chi connectivity index (χ4n) is 5.29. The summed E-state index contributed by atoms with van der Waals surface area (Å²) in [5.41, 5.74) is 0. The van der Waals surface area contributed by atoms with Crippen molar-refractivity contribution in [3.05, 3.63) is 0 Å². The minimum Gasteiger partial charge on any atom is -0.457 e. The van der Waals surface area contributed by atoms with Crippen LogP contribution in [0.5, 0.6) is 0 Å². The van der Waals surface area contributed by atoms with Gasteiger partial charge in [-0.15, -0.1) is 0 Å². The first-order valence-electron chi connectivity index (χ1n) is 13.8. The van der Waals surface area contributed by atoms with Crippen LogP contribution in [0.2, 0.25) is 0 Å². The first-order valence-corrected chi connectivity index (χ1v) is 13.8. The number of esters is 1. The van der Waals surface area contributed by atoms with Crippen LogP contribution < -0.4 is 0 Å². The maximum absolute atomic E-state index is 12.2. The SMILES string of the molecule is CC(C)CCCC(C)CCCC(C)CCCC(C)CCCC(=O)OC1COC2CCOC21. The molecule has 6 unspecified atom stereocenters. The van der Waals surface area contributed by atoms with Crippen LogP contribution in [0.3, 0.4) is 0 Å². The first kappa shape index (κ1) is 27.6. The fourth-order valence-corrected chi connectivity index (χ4v) is 5.29. The van der Waals surface area contributed by atoms with Crippen LogP contribution in [0.25, 0.3) is 0 Å². The van der Waals surface area contributed by atoms with E-state index in [1.165, 1.54) is 57.8 Å². The Labute approximate surface area is 198 Å². The highest BCUT2D eigenvalue weighted by Gasteiger charge is 2.43. The lowest BCUT2D eigenvalue weighted by molar-refractivity contribution is -0.153. The molecule has 2 heterocycles. The predicted octanol–water partition coefficient (Wildman–Crippen LogP) is 7.33. The molecule has 4 nitrogen and oxygen atoms in total. The smallest absolute Gasteiger partial charge is 0.306 e. The van der Waals surface area contributed by atoms with Crippen molar-refractivity contribution in [2.75, 3.05) is 13.2 Å². The summed E-state index contributed by atoms with van der Waals surface area (Å²) in [6.45, 7) is 13.1. The molecule has 0 N–H and O–H groups in total. The molecule has 0 amide bonds. The Kier molecular flexibility index (Phi) is 13.2. The first-order chi connectivity index (χ1) is 15.3. The van der Waals surface area contributed by atoms with E-state index in [0.29, 0.717) is 18.9 Å². The van der Waals surface area contributed by atoms with Gasteiger partial charge in [0.15, 0.2) is 6.10 Å². The van der Waals surface area contributed by atoms with Crippen molar-refractivity contribution in [1.82, 2.24) is 0 Å². The second-order valence-corrected chi connectivity index (χ2v) is 11.4. The van der Waals surface area contributed by atoms with Crippen molar-refractivity contribution < 1.29 is 19.0 Å². The van der Waals surface area contributed by atoms with Gasteiger partial charge in [0.2, 0.25) is 0 Å². The summed E-state index contributed by atoms with van der Waals surface area (Å²) in [4.78, 5) is 12.2. The number of ether oxygens (including phenoxy) is 3. The van der Waals surface area contributed by atoms with Gasteiger partial charge < -0.3 is 14.2 Å².